The third-order valence-corrected chi connectivity index (χ3v) is 4.39. The molecule has 0 heterocycles. The molecule has 0 radical (unpaired) electrons. The van der Waals surface area contributed by atoms with E-state index in [1.54, 1.807) is 6.07 Å². The summed E-state index contributed by atoms with van der Waals surface area (Å²) in [5.74, 6) is 0.850. The van der Waals surface area contributed by atoms with Crippen molar-refractivity contribution < 1.29 is 4.74 Å². The number of benzene rings is 2. The highest BCUT2D eigenvalue weighted by molar-refractivity contribution is 6.48. The normalized spacial score (nSPS) is 12.0. The number of rotatable bonds is 5. The van der Waals surface area contributed by atoms with Crippen LogP contribution in [0, 0.1) is 0 Å². The second-order valence-corrected chi connectivity index (χ2v) is 5.75. The lowest BCUT2D eigenvalue weighted by Crippen LogP contribution is -2.07. The van der Waals surface area contributed by atoms with Crippen LogP contribution in [0.4, 0.5) is 5.69 Å². The van der Waals surface area contributed by atoms with Crippen molar-refractivity contribution in [1.82, 2.24) is 0 Å². The van der Waals surface area contributed by atoms with Crippen molar-refractivity contribution in [3.8, 4) is 5.75 Å². The monoisotopic (exact) mass is 343 g/mol. The third kappa shape index (κ3) is 3.97. The van der Waals surface area contributed by atoms with Gasteiger partial charge in [-0.25, -0.2) is 0 Å². The molecule has 112 valence electrons. The Bertz CT molecular complexity index is 614. The molecule has 2 aromatic carbocycles. The van der Waals surface area contributed by atoms with Crippen LogP contribution in [0.2, 0.25) is 15.1 Å². The maximum Gasteiger partial charge on any atom is 0.119 e. The van der Waals surface area contributed by atoms with Gasteiger partial charge < -0.3 is 10.1 Å². The molecule has 0 amide bonds. The summed E-state index contributed by atoms with van der Waals surface area (Å²) >= 11 is 18.3. The van der Waals surface area contributed by atoms with Gasteiger partial charge >= 0.3 is 0 Å². The summed E-state index contributed by atoms with van der Waals surface area (Å²) in [5.41, 5.74) is 1.88. The van der Waals surface area contributed by atoms with Crippen molar-refractivity contribution in [3.63, 3.8) is 0 Å². The Balaban J connectivity index is 2.14. The van der Waals surface area contributed by atoms with E-state index in [0.717, 1.165) is 17.0 Å². The Hall–Kier alpha value is -1.09. The number of anilines is 1. The Kier molecular flexibility index (Phi) is 5.63. The van der Waals surface area contributed by atoms with Crippen molar-refractivity contribution in [2.75, 3.05) is 11.9 Å². The number of halogens is 3. The van der Waals surface area contributed by atoms with Crippen LogP contribution >= 0.6 is 34.8 Å². The lowest BCUT2D eigenvalue weighted by atomic mass is 10.1. The molecule has 0 aliphatic heterocycles. The van der Waals surface area contributed by atoms with Crippen LogP contribution in [-0.4, -0.2) is 6.61 Å². The fraction of sp³-hybridized carbons (Fsp3) is 0.250. The molecule has 5 heteroatoms. The highest BCUT2D eigenvalue weighted by atomic mass is 35.5. The Labute approximate surface area is 140 Å². The van der Waals surface area contributed by atoms with E-state index in [1.807, 2.05) is 44.2 Å². The Morgan fingerprint density at radius 2 is 1.67 bits per heavy atom. The summed E-state index contributed by atoms with van der Waals surface area (Å²) in [7, 11) is 0. The van der Waals surface area contributed by atoms with Gasteiger partial charge in [-0.15, -0.1) is 0 Å². The van der Waals surface area contributed by atoms with Gasteiger partial charge in [0.2, 0.25) is 0 Å². The van der Waals surface area contributed by atoms with E-state index in [1.165, 1.54) is 0 Å². The second-order valence-electron chi connectivity index (χ2n) is 4.59. The van der Waals surface area contributed by atoms with Crippen LogP contribution in [0.3, 0.4) is 0 Å². The number of ether oxygens (including phenoxy) is 1. The molecule has 21 heavy (non-hydrogen) atoms. The van der Waals surface area contributed by atoms with Crippen molar-refractivity contribution in [2.45, 2.75) is 19.9 Å². The SMILES string of the molecule is CCOc1ccc(NC(C)c2ccc(Cl)c(Cl)c2Cl)cc1. The third-order valence-electron chi connectivity index (χ3n) is 3.08. The molecular formula is C16H16Cl3NO. The van der Waals surface area contributed by atoms with Gasteiger partial charge in [0, 0.05) is 5.69 Å². The minimum atomic E-state index is 0.00482. The molecule has 2 aromatic rings. The van der Waals surface area contributed by atoms with Crippen LogP contribution in [0.1, 0.15) is 25.5 Å². The van der Waals surface area contributed by atoms with Gasteiger partial charge in [-0.3, -0.25) is 0 Å². The average Bonchev–Trinajstić information content (AvgIpc) is 2.47. The highest BCUT2D eigenvalue weighted by Crippen LogP contribution is 2.36. The minimum absolute atomic E-state index is 0.00482. The van der Waals surface area contributed by atoms with Crippen LogP contribution < -0.4 is 10.1 Å². The fourth-order valence-electron chi connectivity index (χ4n) is 2.02. The smallest absolute Gasteiger partial charge is 0.119 e. The molecule has 2 rings (SSSR count). The number of hydrogen-bond donors (Lipinski definition) is 1. The maximum absolute atomic E-state index is 6.25. The molecular weight excluding hydrogens is 329 g/mol. The molecule has 0 spiro atoms. The van der Waals surface area contributed by atoms with E-state index in [2.05, 4.69) is 5.32 Å². The summed E-state index contributed by atoms with van der Waals surface area (Å²) < 4.78 is 5.42. The molecule has 1 unspecified atom stereocenters. The van der Waals surface area contributed by atoms with Gasteiger partial charge in [-0.2, -0.15) is 0 Å². The van der Waals surface area contributed by atoms with Gasteiger partial charge in [-0.1, -0.05) is 40.9 Å². The summed E-state index contributed by atoms with van der Waals surface area (Å²) in [6.45, 7) is 4.63. The molecule has 0 saturated heterocycles. The van der Waals surface area contributed by atoms with Gasteiger partial charge in [0.05, 0.1) is 27.7 Å². The Morgan fingerprint density at radius 1 is 1.00 bits per heavy atom. The fourth-order valence-corrected chi connectivity index (χ4v) is 2.72. The average molecular weight is 345 g/mol. The zero-order chi connectivity index (χ0) is 15.4. The van der Waals surface area contributed by atoms with E-state index in [9.17, 15) is 0 Å². The topological polar surface area (TPSA) is 21.3 Å². The van der Waals surface area contributed by atoms with Crippen LogP contribution in [0.25, 0.3) is 0 Å². The van der Waals surface area contributed by atoms with Crippen LogP contribution in [-0.2, 0) is 0 Å². The molecule has 0 bridgehead atoms. The van der Waals surface area contributed by atoms with Gasteiger partial charge in [-0.05, 0) is 49.7 Å². The quantitative estimate of drug-likeness (QED) is 0.650. The zero-order valence-corrected chi connectivity index (χ0v) is 14.1. The molecule has 2 nitrogen and oxygen atoms in total. The molecule has 1 atom stereocenters. The Morgan fingerprint density at radius 3 is 2.29 bits per heavy atom. The summed E-state index contributed by atoms with van der Waals surface area (Å²) in [6, 6.07) is 11.4. The van der Waals surface area contributed by atoms with E-state index in [4.69, 9.17) is 39.5 Å². The van der Waals surface area contributed by atoms with Crippen LogP contribution in [0.5, 0.6) is 5.75 Å². The molecule has 0 aliphatic carbocycles. The number of nitrogens with one attached hydrogen (secondary N) is 1. The largest absolute Gasteiger partial charge is 0.494 e. The first-order valence-electron chi connectivity index (χ1n) is 6.65. The highest BCUT2D eigenvalue weighted by Gasteiger charge is 2.14. The van der Waals surface area contributed by atoms with E-state index < -0.39 is 0 Å². The molecule has 1 N–H and O–H groups in total. The number of hydrogen-bond acceptors (Lipinski definition) is 2. The zero-order valence-electron chi connectivity index (χ0n) is 11.8. The molecule has 0 fully saturated rings. The van der Waals surface area contributed by atoms with Gasteiger partial charge in [0.15, 0.2) is 0 Å². The lowest BCUT2D eigenvalue weighted by Gasteiger charge is -2.18. The van der Waals surface area contributed by atoms with Crippen molar-refractivity contribution >= 4 is 40.5 Å². The van der Waals surface area contributed by atoms with Crippen molar-refractivity contribution in [2.24, 2.45) is 0 Å². The summed E-state index contributed by atoms with van der Waals surface area (Å²) in [6.07, 6.45) is 0. The summed E-state index contributed by atoms with van der Waals surface area (Å²) in [4.78, 5) is 0. The molecule has 0 aromatic heterocycles. The van der Waals surface area contributed by atoms with Crippen LogP contribution in [0.15, 0.2) is 36.4 Å². The predicted molar refractivity (Wildman–Crippen MR) is 91.1 cm³/mol. The lowest BCUT2D eigenvalue weighted by molar-refractivity contribution is 0.340. The standard InChI is InChI=1S/C16H16Cl3NO/c1-3-21-12-6-4-11(5-7-12)20-10(2)13-8-9-14(17)16(19)15(13)18/h4-10,20H,3H2,1-2H3. The first-order valence-corrected chi connectivity index (χ1v) is 7.79. The van der Waals surface area contributed by atoms with E-state index in [-0.39, 0.29) is 6.04 Å². The minimum Gasteiger partial charge on any atom is -0.494 e. The van der Waals surface area contributed by atoms with E-state index in [0.29, 0.717) is 21.7 Å². The first-order chi connectivity index (χ1) is 10.0. The van der Waals surface area contributed by atoms with E-state index >= 15 is 0 Å². The van der Waals surface area contributed by atoms with Gasteiger partial charge in [0.25, 0.3) is 0 Å². The van der Waals surface area contributed by atoms with Gasteiger partial charge in [0.1, 0.15) is 5.75 Å². The summed E-state index contributed by atoms with van der Waals surface area (Å²) in [5, 5.41) is 4.70. The maximum atomic E-state index is 6.25. The molecule has 0 saturated carbocycles. The van der Waals surface area contributed by atoms with Crippen molar-refractivity contribution in [3.05, 3.63) is 57.0 Å². The second kappa shape index (κ2) is 7.26. The molecule has 0 aliphatic rings. The predicted octanol–water partition coefficient (Wildman–Crippen LogP) is 6.22. The van der Waals surface area contributed by atoms with Crippen molar-refractivity contribution in [1.29, 1.82) is 0 Å². The first kappa shape index (κ1) is 16.3.